The minimum atomic E-state index is -1.05. The van der Waals surface area contributed by atoms with E-state index in [4.69, 9.17) is 9.15 Å². The monoisotopic (exact) mass is 463 g/mol. The van der Waals surface area contributed by atoms with E-state index in [0.717, 1.165) is 29.7 Å². The number of benzene rings is 1. The van der Waals surface area contributed by atoms with E-state index in [1.54, 1.807) is 24.3 Å². The van der Waals surface area contributed by atoms with Gasteiger partial charge in [0.25, 0.3) is 5.91 Å². The van der Waals surface area contributed by atoms with Crippen LogP contribution >= 0.6 is 0 Å². The van der Waals surface area contributed by atoms with Crippen molar-refractivity contribution in [1.82, 2.24) is 14.8 Å². The van der Waals surface area contributed by atoms with Gasteiger partial charge in [-0.15, -0.1) is 0 Å². The molecule has 34 heavy (non-hydrogen) atoms. The van der Waals surface area contributed by atoms with Gasteiger partial charge in [-0.3, -0.25) is 9.59 Å². The maximum absolute atomic E-state index is 13.9. The van der Waals surface area contributed by atoms with Gasteiger partial charge in [0.1, 0.15) is 17.0 Å². The van der Waals surface area contributed by atoms with Crippen molar-refractivity contribution < 1.29 is 18.7 Å². The molecule has 3 aromatic rings. The number of hydrogen-bond acceptors (Lipinski definition) is 4. The Balaban J connectivity index is 1.51. The van der Waals surface area contributed by atoms with Crippen LogP contribution in [0.1, 0.15) is 56.1 Å². The van der Waals surface area contributed by atoms with E-state index in [1.807, 2.05) is 41.8 Å². The lowest BCUT2D eigenvalue weighted by Crippen LogP contribution is -2.65. The van der Waals surface area contributed by atoms with Crippen molar-refractivity contribution in [2.45, 2.75) is 64.7 Å². The first kappa shape index (κ1) is 22.6. The predicted octanol–water partition coefficient (Wildman–Crippen LogP) is 4.60. The van der Waals surface area contributed by atoms with Gasteiger partial charge >= 0.3 is 0 Å². The van der Waals surface area contributed by atoms with Crippen molar-refractivity contribution in [2.75, 3.05) is 7.11 Å². The SMILES string of the molecule is COc1ccc(CN2C(=O)c3cc4occc4n3C[C@]2(C)C(=O)N[C@@H]2CCC[C@@H](C)[C@H]2C)cc1. The van der Waals surface area contributed by atoms with Crippen LogP contribution in [0.4, 0.5) is 0 Å². The molecule has 2 aromatic heterocycles. The van der Waals surface area contributed by atoms with E-state index in [0.29, 0.717) is 36.2 Å². The highest BCUT2D eigenvalue weighted by Crippen LogP contribution is 2.35. The van der Waals surface area contributed by atoms with E-state index in [1.165, 1.54) is 6.42 Å². The molecule has 1 saturated carbocycles. The first-order valence-corrected chi connectivity index (χ1v) is 12.1. The molecule has 1 aliphatic carbocycles. The average molecular weight is 464 g/mol. The lowest BCUT2D eigenvalue weighted by molar-refractivity contribution is -0.134. The van der Waals surface area contributed by atoms with Crippen LogP contribution in [0.25, 0.3) is 11.1 Å². The zero-order valence-corrected chi connectivity index (χ0v) is 20.3. The molecule has 7 nitrogen and oxygen atoms in total. The number of amides is 2. The van der Waals surface area contributed by atoms with Gasteiger partial charge in [-0.05, 0) is 42.9 Å². The Labute approximate surface area is 200 Å². The summed E-state index contributed by atoms with van der Waals surface area (Å²) in [4.78, 5) is 29.4. The number of hydrogen-bond donors (Lipinski definition) is 1. The van der Waals surface area contributed by atoms with Crippen LogP contribution < -0.4 is 10.1 Å². The Morgan fingerprint density at radius 1 is 1.21 bits per heavy atom. The van der Waals surface area contributed by atoms with E-state index in [2.05, 4.69) is 19.2 Å². The molecule has 0 bridgehead atoms. The number of carbonyl (C=O) groups excluding carboxylic acids is 2. The van der Waals surface area contributed by atoms with E-state index in [-0.39, 0.29) is 17.9 Å². The molecular formula is C27H33N3O4. The summed E-state index contributed by atoms with van der Waals surface area (Å²) in [7, 11) is 1.63. The molecule has 0 saturated heterocycles. The molecule has 1 N–H and O–H groups in total. The second kappa shape index (κ2) is 8.53. The largest absolute Gasteiger partial charge is 0.497 e. The molecule has 2 amide bonds. The third-order valence-electron chi connectivity index (χ3n) is 8.06. The summed E-state index contributed by atoms with van der Waals surface area (Å²) >= 11 is 0. The normalized spacial score (nSPS) is 27.0. The number of nitrogens with one attached hydrogen (secondary N) is 1. The summed E-state index contributed by atoms with van der Waals surface area (Å²) in [5, 5.41) is 3.34. The second-order valence-corrected chi connectivity index (χ2v) is 10.1. The topological polar surface area (TPSA) is 76.7 Å². The maximum Gasteiger partial charge on any atom is 0.271 e. The third-order valence-corrected chi connectivity index (χ3v) is 8.06. The minimum absolute atomic E-state index is 0.101. The number of furan rings is 1. The molecule has 1 aromatic carbocycles. The number of aromatic nitrogens is 1. The quantitative estimate of drug-likeness (QED) is 0.600. The molecule has 3 heterocycles. The highest BCUT2D eigenvalue weighted by molar-refractivity contribution is 6.02. The lowest BCUT2D eigenvalue weighted by atomic mass is 9.77. The Kier molecular flexibility index (Phi) is 5.66. The van der Waals surface area contributed by atoms with Crippen molar-refractivity contribution in [3.05, 3.63) is 53.9 Å². The zero-order valence-electron chi connectivity index (χ0n) is 20.3. The smallest absolute Gasteiger partial charge is 0.271 e. The van der Waals surface area contributed by atoms with Crippen LogP contribution in [0.3, 0.4) is 0 Å². The summed E-state index contributed by atoms with van der Waals surface area (Å²) in [5.74, 6) is 1.45. The van der Waals surface area contributed by atoms with Crippen LogP contribution in [0.15, 0.2) is 47.1 Å². The summed E-state index contributed by atoms with van der Waals surface area (Å²) in [6.45, 7) is 7.06. The van der Waals surface area contributed by atoms with Gasteiger partial charge in [0.05, 0.1) is 25.4 Å². The van der Waals surface area contributed by atoms with Gasteiger partial charge in [0, 0.05) is 24.7 Å². The molecule has 5 rings (SSSR count). The van der Waals surface area contributed by atoms with Crippen molar-refractivity contribution in [3.8, 4) is 5.75 Å². The van der Waals surface area contributed by atoms with E-state index >= 15 is 0 Å². The van der Waals surface area contributed by atoms with Crippen LogP contribution in [-0.2, 0) is 17.9 Å². The summed E-state index contributed by atoms with van der Waals surface area (Å²) in [6.07, 6.45) is 4.90. The van der Waals surface area contributed by atoms with E-state index in [9.17, 15) is 9.59 Å². The third kappa shape index (κ3) is 3.67. The van der Waals surface area contributed by atoms with Gasteiger partial charge in [0.15, 0.2) is 5.58 Å². The van der Waals surface area contributed by atoms with Crippen molar-refractivity contribution in [1.29, 1.82) is 0 Å². The molecule has 0 unspecified atom stereocenters. The average Bonchev–Trinajstić information content (AvgIpc) is 3.42. The van der Waals surface area contributed by atoms with E-state index < -0.39 is 5.54 Å². The molecule has 7 heteroatoms. The fourth-order valence-electron chi connectivity index (χ4n) is 5.54. The standard InChI is InChI=1S/C27H33N3O4/c1-17-6-5-7-21(18(17)2)28-26(32)27(3)16-29-22-12-13-34-24(22)14-23(29)25(31)30(27)15-19-8-10-20(33-4)11-9-19/h8-14,17-18,21H,5-7,15-16H2,1-4H3,(H,28,32)/t17-,18-,21-,27-/m1/s1. The molecule has 1 aliphatic heterocycles. The molecule has 2 aliphatic rings. The first-order chi connectivity index (χ1) is 16.3. The number of nitrogens with zero attached hydrogens (tertiary/aromatic N) is 2. The van der Waals surface area contributed by atoms with Crippen LogP contribution in [0.5, 0.6) is 5.75 Å². The van der Waals surface area contributed by atoms with Crippen LogP contribution in [-0.4, -0.2) is 40.0 Å². The highest BCUT2D eigenvalue weighted by Gasteiger charge is 2.48. The second-order valence-electron chi connectivity index (χ2n) is 10.1. The van der Waals surface area contributed by atoms with Crippen molar-refractivity contribution in [2.24, 2.45) is 11.8 Å². The molecular weight excluding hydrogens is 430 g/mol. The highest BCUT2D eigenvalue weighted by atomic mass is 16.5. The minimum Gasteiger partial charge on any atom is -0.497 e. The number of rotatable bonds is 5. The predicted molar refractivity (Wildman–Crippen MR) is 130 cm³/mol. The summed E-state index contributed by atoms with van der Waals surface area (Å²) in [5.41, 5.74) is 1.94. The van der Waals surface area contributed by atoms with Crippen molar-refractivity contribution >= 4 is 22.9 Å². The lowest BCUT2D eigenvalue weighted by Gasteiger charge is -2.45. The molecule has 0 radical (unpaired) electrons. The van der Waals surface area contributed by atoms with Gasteiger partial charge < -0.3 is 23.9 Å². The number of fused-ring (bicyclic) bond motifs is 3. The zero-order chi connectivity index (χ0) is 24.0. The van der Waals surface area contributed by atoms with Gasteiger partial charge in [-0.2, -0.15) is 0 Å². The molecule has 4 atom stereocenters. The molecule has 0 spiro atoms. The maximum atomic E-state index is 13.9. The Hall–Kier alpha value is -3.22. The summed E-state index contributed by atoms with van der Waals surface area (Å²) in [6, 6.07) is 11.4. The summed E-state index contributed by atoms with van der Waals surface area (Å²) < 4.78 is 12.8. The fourth-order valence-corrected chi connectivity index (χ4v) is 5.54. The number of carbonyl (C=O) groups is 2. The van der Waals surface area contributed by atoms with Crippen LogP contribution in [0.2, 0.25) is 0 Å². The van der Waals surface area contributed by atoms with Crippen molar-refractivity contribution in [3.63, 3.8) is 0 Å². The van der Waals surface area contributed by atoms with Gasteiger partial charge in [-0.1, -0.05) is 38.8 Å². The van der Waals surface area contributed by atoms with Gasteiger partial charge in [0.2, 0.25) is 5.91 Å². The molecule has 1 fully saturated rings. The Bertz CT molecular complexity index is 1210. The Morgan fingerprint density at radius 2 is 1.97 bits per heavy atom. The Morgan fingerprint density at radius 3 is 2.71 bits per heavy atom. The van der Waals surface area contributed by atoms with Gasteiger partial charge in [-0.25, -0.2) is 0 Å². The first-order valence-electron chi connectivity index (χ1n) is 12.1. The number of methoxy groups -OCH3 is 1. The van der Waals surface area contributed by atoms with Crippen LogP contribution in [0, 0.1) is 11.8 Å². The number of ether oxygens (including phenoxy) is 1. The molecule has 180 valence electrons. The fraction of sp³-hybridized carbons (Fsp3) is 0.481.